The highest BCUT2D eigenvalue weighted by atomic mass is 32.2. The summed E-state index contributed by atoms with van der Waals surface area (Å²) in [6.07, 6.45) is 6.38. The molecule has 2 saturated heterocycles. The molecule has 1 aromatic carbocycles. The number of anilines is 3. The van der Waals surface area contributed by atoms with E-state index in [9.17, 15) is 18.0 Å². The van der Waals surface area contributed by atoms with Crippen LogP contribution in [0.5, 0.6) is 0 Å². The maximum atomic E-state index is 13.2. The molecule has 0 bridgehead atoms. The minimum absolute atomic E-state index is 0.149. The molecular formula is C25H32N6O4S. The van der Waals surface area contributed by atoms with Gasteiger partial charge in [-0.3, -0.25) is 14.5 Å². The number of hydrogen-bond donors (Lipinski definition) is 1. The Bertz CT molecular complexity index is 1220. The van der Waals surface area contributed by atoms with E-state index in [-0.39, 0.29) is 29.6 Å². The van der Waals surface area contributed by atoms with Gasteiger partial charge in [-0.25, -0.2) is 13.4 Å². The zero-order valence-electron chi connectivity index (χ0n) is 20.5. The second kappa shape index (κ2) is 10.1. The van der Waals surface area contributed by atoms with Gasteiger partial charge < -0.3 is 10.2 Å². The van der Waals surface area contributed by atoms with Crippen LogP contribution in [0.15, 0.2) is 35.2 Å². The molecule has 0 spiro atoms. The topological polar surface area (TPSA) is 116 Å². The fourth-order valence-electron chi connectivity index (χ4n) is 5.15. The van der Waals surface area contributed by atoms with Gasteiger partial charge in [0.05, 0.1) is 10.6 Å². The van der Waals surface area contributed by atoms with Gasteiger partial charge in [0.1, 0.15) is 5.82 Å². The first kappa shape index (κ1) is 24.6. The molecule has 1 saturated carbocycles. The number of nitrogens with zero attached hydrogens (tertiary/aromatic N) is 5. The molecule has 0 unspecified atom stereocenters. The Balaban J connectivity index is 1.24. The molecule has 1 aliphatic carbocycles. The van der Waals surface area contributed by atoms with Crippen molar-refractivity contribution in [2.45, 2.75) is 62.8 Å². The molecule has 0 radical (unpaired) electrons. The van der Waals surface area contributed by atoms with Gasteiger partial charge in [0.25, 0.3) is 0 Å². The van der Waals surface area contributed by atoms with E-state index in [0.717, 1.165) is 29.3 Å². The second-order valence-corrected chi connectivity index (χ2v) is 11.6. The molecule has 192 valence electrons. The predicted molar refractivity (Wildman–Crippen MR) is 136 cm³/mol. The summed E-state index contributed by atoms with van der Waals surface area (Å²) in [5.41, 5.74) is 1.28. The average Bonchev–Trinajstić information content (AvgIpc) is 3.22. The lowest BCUT2D eigenvalue weighted by molar-refractivity contribution is -0.121. The van der Waals surface area contributed by atoms with Gasteiger partial charge in [-0.15, -0.1) is 0 Å². The third-order valence-electron chi connectivity index (χ3n) is 7.13. The number of amides is 2. The standard InChI is InChI=1S/C25H32N6O4S/c1-18-17-22(28-25(26-18)27-19-5-3-2-4-6-19)29-13-15-30(16-14-29)36(34,35)21-9-7-20(8-10-21)31-23(32)11-12-24(31)33/h7-10,17,19H,2-6,11-16H2,1H3,(H,26,27,28). The zero-order chi connectivity index (χ0) is 25.3. The van der Waals surface area contributed by atoms with Crippen LogP contribution in [-0.4, -0.2) is 66.7 Å². The Morgan fingerprint density at radius 1 is 0.889 bits per heavy atom. The first-order valence-corrected chi connectivity index (χ1v) is 14.1. The highest BCUT2D eigenvalue weighted by molar-refractivity contribution is 7.89. The lowest BCUT2D eigenvalue weighted by Gasteiger charge is -2.35. The third-order valence-corrected chi connectivity index (χ3v) is 9.04. The summed E-state index contributed by atoms with van der Waals surface area (Å²) >= 11 is 0. The second-order valence-electron chi connectivity index (χ2n) is 9.68. The van der Waals surface area contributed by atoms with Crippen molar-refractivity contribution >= 4 is 39.3 Å². The van der Waals surface area contributed by atoms with Crippen molar-refractivity contribution in [1.29, 1.82) is 0 Å². The van der Waals surface area contributed by atoms with Gasteiger partial charge in [0.2, 0.25) is 27.8 Å². The number of carbonyl (C=O) groups excluding carboxylic acids is 2. The number of aryl methyl sites for hydroxylation is 1. The van der Waals surface area contributed by atoms with Gasteiger partial charge >= 0.3 is 0 Å². The summed E-state index contributed by atoms with van der Waals surface area (Å²) in [6.45, 7) is 3.66. The fraction of sp³-hybridized carbons (Fsp3) is 0.520. The minimum atomic E-state index is -3.70. The summed E-state index contributed by atoms with van der Waals surface area (Å²) in [5, 5.41) is 3.49. The Kier molecular flexibility index (Phi) is 6.94. The number of rotatable bonds is 6. The number of hydrogen-bond acceptors (Lipinski definition) is 8. The molecule has 10 nitrogen and oxygen atoms in total. The molecule has 1 N–H and O–H groups in total. The van der Waals surface area contributed by atoms with Crippen LogP contribution >= 0.6 is 0 Å². The number of nitrogens with one attached hydrogen (secondary N) is 1. The van der Waals surface area contributed by atoms with Crippen molar-refractivity contribution < 1.29 is 18.0 Å². The predicted octanol–water partition coefficient (Wildman–Crippen LogP) is 2.69. The monoisotopic (exact) mass is 512 g/mol. The van der Waals surface area contributed by atoms with Crippen molar-refractivity contribution in [3.8, 4) is 0 Å². The van der Waals surface area contributed by atoms with Gasteiger partial charge in [0.15, 0.2) is 0 Å². The van der Waals surface area contributed by atoms with Crippen LogP contribution in [0.2, 0.25) is 0 Å². The summed E-state index contributed by atoms with van der Waals surface area (Å²) in [5.74, 6) is 0.928. The molecule has 5 rings (SSSR count). The summed E-state index contributed by atoms with van der Waals surface area (Å²) in [7, 11) is -3.70. The van der Waals surface area contributed by atoms with E-state index in [0.29, 0.717) is 43.9 Å². The first-order valence-electron chi connectivity index (χ1n) is 12.6. The highest BCUT2D eigenvalue weighted by Crippen LogP contribution is 2.27. The number of imide groups is 1. The SMILES string of the molecule is Cc1cc(N2CCN(S(=O)(=O)c3ccc(N4C(=O)CCC4=O)cc3)CC2)nc(NC2CCCCC2)n1. The summed E-state index contributed by atoms with van der Waals surface area (Å²) in [6, 6.07) is 8.32. The highest BCUT2D eigenvalue weighted by Gasteiger charge is 2.32. The lowest BCUT2D eigenvalue weighted by Crippen LogP contribution is -2.49. The van der Waals surface area contributed by atoms with Gasteiger partial charge in [-0.2, -0.15) is 9.29 Å². The Hall–Kier alpha value is -3.05. The van der Waals surface area contributed by atoms with Crippen LogP contribution < -0.4 is 15.1 Å². The summed E-state index contributed by atoms with van der Waals surface area (Å²) < 4.78 is 28.0. The first-order chi connectivity index (χ1) is 17.3. The Morgan fingerprint density at radius 2 is 1.53 bits per heavy atom. The van der Waals surface area contributed by atoms with Gasteiger partial charge in [0, 0.05) is 56.8 Å². The molecule has 2 amide bonds. The number of benzene rings is 1. The van der Waals surface area contributed by atoms with Crippen molar-refractivity contribution in [2.75, 3.05) is 41.3 Å². The molecule has 3 aliphatic rings. The summed E-state index contributed by atoms with van der Waals surface area (Å²) in [4.78, 5) is 36.6. The number of sulfonamides is 1. The molecule has 11 heteroatoms. The zero-order valence-corrected chi connectivity index (χ0v) is 21.3. The van der Waals surface area contributed by atoms with E-state index in [1.165, 1.54) is 47.8 Å². The molecule has 2 aliphatic heterocycles. The molecular weight excluding hydrogens is 480 g/mol. The van der Waals surface area contributed by atoms with E-state index >= 15 is 0 Å². The molecule has 36 heavy (non-hydrogen) atoms. The maximum Gasteiger partial charge on any atom is 0.243 e. The van der Waals surface area contributed by atoms with Crippen molar-refractivity contribution in [1.82, 2.24) is 14.3 Å². The fourth-order valence-corrected chi connectivity index (χ4v) is 6.57. The van der Waals surface area contributed by atoms with Crippen LogP contribution in [0.25, 0.3) is 0 Å². The quantitative estimate of drug-likeness (QED) is 0.588. The minimum Gasteiger partial charge on any atom is -0.354 e. The Morgan fingerprint density at radius 3 is 2.17 bits per heavy atom. The van der Waals surface area contributed by atoms with Gasteiger partial charge in [-0.1, -0.05) is 19.3 Å². The van der Waals surface area contributed by atoms with Crippen LogP contribution in [-0.2, 0) is 19.6 Å². The van der Waals surface area contributed by atoms with Crippen LogP contribution in [0, 0.1) is 6.92 Å². The van der Waals surface area contributed by atoms with Crippen LogP contribution in [0.1, 0.15) is 50.6 Å². The van der Waals surface area contributed by atoms with Crippen molar-refractivity contribution in [3.05, 3.63) is 36.0 Å². The lowest BCUT2D eigenvalue weighted by atomic mass is 9.96. The van der Waals surface area contributed by atoms with Crippen molar-refractivity contribution in [2.24, 2.45) is 0 Å². The molecule has 0 atom stereocenters. The molecule has 2 aromatic rings. The smallest absolute Gasteiger partial charge is 0.243 e. The number of piperazine rings is 1. The van der Waals surface area contributed by atoms with Gasteiger partial charge in [-0.05, 0) is 44.0 Å². The van der Waals surface area contributed by atoms with E-state index < -0.39 is 10.0 Å². The number of aromatic nitrogens is 2. The van der Waals surface area contributed by atoms with E-state index in [2.05, 4.69) is 15.2 Å². The van der Waals surface area contributed by atoms with E-state index in [4.69, 9.17) is 4.98 Å². The third kappa shape index (κ3) is 5.08. The molecule has 1 aromatic heterocycles. The largest absolute Gasteiger partial charge is 0.354 e. The average molecular weight is 513 g/mol. The van der Waals surface area contributed by atoms with E-state index in [1.54, 1.807) is 0 Å². The molecule has 3 heterocycles. The normalized spacial score (nSPS) is 20.2. The van der Waals surface area contributed by atoms with E-state index in [1.807, 2.05) is 13.0 Å². The Labute approximate surface area is 211 Å². The maximum absolute atomic E-state index is 13.2. The molecule has 3 fully saturated rings. The van der Waals surface area contributed by atoms with Crippen LogP contribution in [0.3, 0.4) is 0 Å². The van der Waals surface area contributed by atoms with Crippen LogP contribution in [0.4, 0.5) is 17.5 Å². The number of carbonyl (C=O) groups is 2. The van der Waals surface area contributed by atoms with Crippen molar-refractivity contribution in [3.63, 3.8) is 0 Å².